The highest BCUT2D eigenvalue weighted by molar-refractivity contribution is 8.00. The van der Waals surface area contributed by atoms with E-state index in [1.54, 1.807) is 11.8 Å². The zero-order valence-electron chi connectivity index (χ0n) is 11.3. The number of rotatable bonds is 6. The molecule has 104 valence electrons. The minimum Gasteiger partial charge on any atom is -0.395 e. The molecule has 4 heteroatoms. The normalized spacial score (nSPS) is 15.1. The zero-order valence-corrected chi connectivity index (χ0v) is 12.2. The third-order valence-electron chi connectivity index (χ3n) is 3.56. The molecule has 2 rings (SSSR count). The van der Waals surface area contributed by atoms with Crippen LogP contribution >= 0.6 is 11.8 Å². The minimum absolute atomic E-state index is 0.0530. The van der Waals surface area contributed by atoms with Crippen molar-refractivity contribution in [2.24, 2.45) is 0 Å². The molecular weight excluding hydrogens is 258 g/mol. The maximum absolute atomic E-state index is 12.2. The van der Waals surface area contributed by atoms with E-state index in [2.05, 4.69) is 19.1 Å². The molecule has 19 heavy (non-hydrogen) atoms. The van der Waals surface area contributed by atoms with Crippen LogP contribution in [0.4, 0.5) is 0 Å². The summed E-state index contributed by atoms with van der Waals surface area (Å²) in [5.41, 5.74) is 1.23. The van der Waals surface area contributed by atoms with Crippen LogP contribution in [-0.4, -0.2) is 40.9 Å². The van der Waals surface area contributed by atoms with Gasteiger partial charge in [0.15, 0.2) is 0 Å². The predicted molar refractivity (Wildman–Crippen MR) is 78.3 cm³/mol. The summed E-state index contributed by atoms with van der Waals surface area (Å²) in [5.74, 6) is 0.601. The Kier molecular flexibility index (Phi) is 5.28. The van der Waals surface area contributed by atoms with Gasteiger partial charge >= 0.3 is 0 Å². The summed E-state index contributed by atoms with van der Waals surface area (Å²) in [4.78, 5) is 15.2. The van der Waals surface area contributed by atoms with Crippen molar-refractivity contribution in [2.45, 2.75) is 37.1 Å². The van der Waals surface area contributed by atoms with Gasteiger partial charge in [-0.25, -0.2) is 0 Å². The first-order valence-corrected chi connectivity index (χ1v) is 7.79. The number of carbonyl (C=O) groups excluding carboxylic acids is 1. The Labute approximate surface area is 119 Å². The van der Waals surface area contributed by atoms with Crippen LogP contribution in [0.5, 0.6) is 0 Å². The van der Waals surface area contributed by atoms with Crippen molar-refractivity contribution in [3.05, 3.63) is 29.8 Å². The van der Waals surface area contributed by atoms with Crippen molar-refractivity contribution in [1.29, 1.82) is 0 Å². The van der Waals surface area contributed by atoms with Gasteiger partial charge in [0.05, 0.1) is 12.4 Å². The Balaban J connectivity index is 1.86. The maximum Gasteiger partial charge on any atom is 0.233 e. The number of benzene rings is 1. The number of aliphatic hydroxyl groups excluding tert-OH is 1. The second kappa shape index (κ2) is 6.96. The van der Waals surface area contributed by atoms with Gasteiger partial charge in [-0.3, -0.25) is 4.79 Å². The van der Waals surface area contributed by atoms with E-state index in [0.29, 0.717) is 18.3 Å². The van der Waals surface area contributed by atoms with Gasteiger partial charge in [-0.15, -0.1) is 11.8 Å². The molecule has 1 aromatic carbocycles. The molecule has 0 unspecified atom stereocenters. The van der Waals surface area contributed by atoms with E-state index >= 15 is 0 Å². The molecule has 1 aromatic rings. The number of nitrogens with zero attached hydrogens (tertiary/aromatic N) is 1. The SMILES string of the molecule is Cc1ccc(SCC(=O)N(CCO)C2CCC2)cc1. The lowest BCUT2D eigenvalue weighted by Gasteiger charge is -2.37. The predicted octanol–water partition coefficient (Wildman–Crippen LogP) is 2.46. The molecule has 1 aliphatic carbocycles. The highest BCUT2D eigenvalue weighted by atomic mass is 32.2. The second-order valence-electron chi connectivity index (χ2n) is 5.00. The van der Waals surface area contributed by atoms with Gasteiger partial charge in [0.25, 0.3) is 0 Å². The number of carbonyl (C=O) groups is 1. The van der Waals surface area contributed by atoms with Crippen LogP contribution in [0.25, 0.3) is 0 Å². The lowest BCUT2D eigenvalue weighted by atomic mass is 9.91. The summed E-state index contributed by atoms with van der Waals surface area (Å²) in [7, 11) is 0. The third kappa shape index (κ3) is 3.98. The summed E-state index contributed by atoms with van der Waals surface area (Å²) < 4.78 is 0. The summed E-state index contributed by atoms with van der Waals surface area (Å²) in [6.07, 6.45) is 3.37. The molecule has 1 N–H and O–H groups in total. The molecule has 0 radical (unpaired) electrons. The van der Waals surface area contributed by atoms with Gasteiger partial charge in [0, 0.05) is 17.5 Å². The van der Waals surface area contributed by atoms with Gasteiger partial charge in [0.2, 0.25) is 5.91 Å². The summed E-state index contributed by atoms with van der Waals surface area (Å²) in [5, 5.41) is 9.07. The smallest absolute Gasteiger partial charge is 0.233 e. The van der Waals surface area contributed by atoms with Gasteiger partial charge < -0.3 is 10.0 Å². The first-order chi connectivity index (χ1) is 9.20. The second-order valence-corrected chi connectivity index (χ2v) is 6.05. The quantitative estimate of drug-likeness (QED) is 0.813. The minimum atomic E-state index is 0.0530. The average molecular weight is 279 g/mol. The van der Waals surface area contributed by atoms with Gasteiger partial charge in [-0.1, -0.05) is 17.7 Å². The molecule has 0 aromatic heterocycles. The highest BCUT2D eigenvalue weighted by Gasteiger charge is 2.27. The van der Waals surface area contributed by atoms with E-state index in [4.69, 9.17) is 5.11 Å². The fraction of sp³-hybridized carbons (Fsp3) is 0.533. The van der Waals surface area contributed by atoms with E-state index in [1.807, 2.05) is 17.0 Å². The molecule has 0 bridgehead atoms. The third-order valence-corrected chi connectivity index (χ3v) is 4.56. The van der Waals surface area contributed by atoms with E-state index in [-0.39, 0.29) is 12.5 Å². The fourth-order valence-corrected chi connectivity index (χ4v) is 2.96. The molecule has 1 fully saturated rings. The molecule has 0 heterocycles. The van der Waals surface area contributed by atoms with E-state index in [9.17, 15) is 4.79 Å². The van der Waals surface area contributed by atoms with Crippen LogP contribution in [0.2, 0.25) is 0 Å². The van der Waals surface area contributed by atoms with Crippen molar-refractivity contribution in [2.75, 3.05) is 18.9 Å². The van der Waals surface area contributed by atoms with Crippen LogP contribution in [-0.2, 0) is 4.79 Å². The molecule has 0 saturated heterocycles. The van der Waals surface area contributed by atoms with Crippen LogP contribution in [0.3, 0.4) is 0 Å². The van der Waals surface area contributed by atoms with Crippen molar-refractivity contribution >= 4 is 17.7 Å². The molecule has 1 saturated carbocycles. The molecular formula is C15H21NO2S. The largest absolute Gasteiger partial charge is 0.395 e. The summed E-state index contributed by atoms with van der Waals surface area (Å²) >= 11 is 1.57. The fourth-order valence-electron chi connectivity index (χ4n) is 2.18. The van der Waals surface area contributed by atoms with Gasteiger partial charge in [-0.05, 0) is 38.3 Å². The van der Waals surface area contributed by atoms with Gasteiger partial charge in [0.1, 0.15) is 0 Å². The van der Waals surface area contributed by atoms with Crippen molar-refractivity contribution in [3.63, 3.8) is 0 Å². The zero-order chi connectivity index (χ0) is 13.7. The molecule has 0 aliphatic heterocycles. The Hall–Kier alpha value is -1.00. The first-order valence-electron chi connectivity index (χ1n) is 6.80. The Morgan fingerprint density at radius 2 is 2.05 bits per heavy atom. The topological polar surface area (TPSA) is 40.5 Å². The number of hydrogen-bond donors (Lipinski definition) is 1. The Morgan fingerprint density at radius 3 is 2.58 bits per heavy atom. The van der Waals surface area contributed by atoms with Crippen LogP contribution < -0.4 is 0 Å². The standard InChI is InChI=1S/C15H21NO2S/c1-12-5-7-14(8-6-12)19-11-15(18)16(9-10-17)13-3-2-4-13/h5-8,13,17H,2-4,9-11H2,1H3. The van der Waals surface area contributed by atoms with Crippen LogP contribution in [0.1, 0.15) is 24.8 Å². The lowest BCUT2D eigenvalue weighted by Crippen LogP contribution is -2.46. The number of amides is 1. The Morgan fingerprint density at radius 1 is 1.37 bits per heavy atom. The lowest BCUT2D eigenvalue weighted by molar-refractivity contribution is -0.132. The van der Waals surface area contributed by atoms with E-state index in [1.165, 1.54) is 12.0 Å². The maximum atomic E-state index is 12.2. The van der Waals surface area contributed by atoms with Crippen molar-refractivity contribution in [1.82, 2.24) is 4.90 Å². The first kappa shape index (κ1) is 14.4. The molecule has 1 amide bonds. The van der Waals surface area contributed by atoms with E-state index < -0.39 is 0 Å². The number of thioether (sulfide) groups is 1. The van der Waals surface area contributed by atoms with E-state index in [0.717, 1.165) is 17.7 Å². The van der Waals surface area contributed by atoms with Crippen molar-refractivity contribution in [3.8, 4) is 0 Å². The highest BCUT2D eigenvalue weighted by Crippen LogP contribution is 2.26. The molecule has 3 nitrogen and oxygen atoms in total. The Bertz CT molecular complexity index is 415. The summed E-state index contributed by atoms with van der Waals surface area (Å²) in [6, 6.07) is 8.58. The monoisotopic (exact) mass is 279 g/mol. The molecule has 1 aliphatic rings. The van der Waals surface area contributed by atoms with Gasteiger partial charge in [-0.2, -0.15) is 0 Å². The van der Waals surface area contributed by atoms with Crippen LogP contribution in [0, 0.1) is 6.92 Å². The average Bonchev–Trinajstić information content (AvgIpc) is 2.35. The molecule has 0 atom stereocenters. The number of aliphatic hydroxyl groups is 1. The van der Waals surface area contributed by atoms with Crippen LogP contribution in [0.15, 0.2) is 29.2 Å². The van der Waals surface area contributed by atoms with Crippen molar-refractivity contribution < 1.29 is 9.90 Å². The molecule has 0 spiro atoms. The summed E-state index contributed by atoms with van der Waals surface area (Å²) in [6.45, 7) is 2.58. The number of hydrogen-bond acceptors (Lipinski definition) is 3. The number of aryl methyl sites for hydroxylation is 1.